The van der Waals surface area contributed by atoms with Crippen LogP contribution in [0.5, 0.6) is 0 Å². The Balaban J connectivity index is 2.90. The van der Waals surface area contributed by atoms with Crippen LogP contribution in [0.3, 0.4) is 0 Å². The number of nitrogens with zero attached hydrogens (tertiary/aromatic N) is 1. The molecule has 0 fully saturated rings. The van der Waals surface area contributed by atoms with Crippen LogP contribution in [0.25, 0.3) is 0 Å². The fraction of sp³-hybridized carbons (Fsp3) is 0.167. The molecule has 13 heavy (non-hydrogen) atoms. The van der Waals surface area contributed by atoms with E-state index >= 15 is 0 Å². The average molecular weight is 323 g/mol. The van der Waals surface area contributed by atoms with Crippen LogP contribution in [0, 0.1) is 9.39 Å². The minimum atomic E-state index is -4.38. The van der Waals surface area contributed by atoms with Gasteiger partial charge in [0.05, 0.1) is 6.20 Å². The van der Waals surface area contributed by atoms with Crippen molar-refractivity contribution in [3.8, 4) is 0 Å². The summed E-state index contributed by atoms with van der Waals surface area (Å²) in [6, 6.07) is 1.00. The molecule has 1 aromatic rings. The van der Waals surface area contributed by atoms with Crippen molar-refractivity contribution < 1.29 is 17.6 Å². The summed E-state index contributed by atoms with van der Waals surface area (Å²) in [6.45, 7) is 0. The summed E-state index contributed by atoms with van der Waals surface area (Å²) < 4.78 is 48.1. The van der Waals surface area contributed by atoms with Gasteiger partial charge in [-0.05, 0) is 28.7 Å². The van der Waals surface area contributed by atoms with Gasteiger partial charge in [-0.3, -0.25) is 0 Å². The maximum absolute atomic E-state index is 12.4. The van der Waals surface area contributed by atoms with Crippen LogP contribution in [0.15, 0.2) is 17.3 Å². The molecule has 0 saturated heterocycles. The van der Waals surface area contributed by atoms with E-state index in [0.717, 1.165) is 12.3 Å². The van der Waals surface area contributed by atoms with Crippen molar-refractivity contribution in [2.24, 2.45) is 0 Å². The van der Waals surface area contributed by atoms with E-state index in [4.69, 9.17) is 0 Å². The zero-order valence-corrected chi connectivity index (χ0v) is 8.87. The molecule has 1 aromatic heterocycles. The van der Waals surface area contributed by atoms with Gasteiger partial charge >= 0.3 is 5.51 Å². The Morgan fingerprint density at radius 2 is 2.00 bits per heavy atom. The molecule has 0 atom stereocenters. The van der Waals surface area contributed by atoms with Crippen LogP contribution in [0.4, 0.5) is 17.6 Å². The van der Waals surface area contributed by atoms with Crippen molar-refractivity contribution in [1.29, 1.82) is 0 Å². The second kappa shape index (κ2) is 3.99. The number of pyridine rings is 1. The monoisotopic (exact) mass is 323 g/mol. The maximum atomic E-state index is 12.4. The summed E-state index contributed by atoms with van der Waals surface area (Å²) in [4.78, 5) is 3.32. The third kappa shape index (κ3) is 3.67. The zero-order chi connectivity index (χ0) is 10.1. The van der Waals surface area contributed by atoms with Gasteiger partial charge in [-0.2, -0.15) is 13.2 Å². The van der Waals surface area contributed by atoms with Gasteiger partial charge in [0.1, 0.15) is 10.8 Å². The Morgan fingerprint density at radius 3 is 2.46 bits per heavy atom. The summed E-state index contributed by atoms with van der Waals surface area (Å²) in [6.07, 6.45) is 0.760. The number of thioether (sulfide) groups is 1. The minimum Gasteiger partial charge on any atom is -0.245 e. The highest BCUT2D eigenvalue weighted by Gasteiger charge is 2.31. The van der Waals surface area contributed by atoms with Gasteiger partial charge in [-0.25, -0.2) is 9.37 Å². The predicted octanol–water partition coefficient (Wildman–Crippen LogP) is 3.44. The van der Waals surface area contributed by atoms with Crippen molar-refractivity contribution in [3.63, 3.8) is 0 Å². The topological polar surface area (TPSA) is 12.9 Å². The van der Waals surface area contributed by atoms with Gasteiger partial charge in [0.25, 0.3) is 0 Å². The Bertz CT molecular complexity index is 314. The molecule has 72 valence electrons. The molecule has 0 spiro atoms. The maximum Gasteiger partial charge on any atom is 0.447 e. The van der Waals surface area contributed by atoms with Crippen molar-refractivity contribution in [2.45, 2.75) is 10.5 Å². The SMILES string of the molecule is Fc1cnc(SC(F)(F)F)c(I)c1. The smallest absolute Gasteiger partial charge is 0.245 e. The molecule has 0 unspecified atom stereocenters. The minimum absolute atomic E-state index is 0.153. The number of hydrogen-bond donors (Lipinski definition) is 0. The number of aromatic nitrogens is 1. The summed E-state index contributed by atoms with van der Waals surface area (Å²) in [5.41, 5.74) is -4.38. The summed E-state index contributed by atoms with van der Waals surface area (Å²) in [5, 5.41) is -0.227. The third-order valence-corrected chi connectivity index (χ3v) is 2.92. The van der Waals surface area contributed by atoms with E-state index in [2.05, 4.69) is 4.98 Å². The van der Waals surface area contributed by atoms with Gasteiger partial charge < -0.3 is 0 Å². The fourth-order valence-corrected chi connectivity index (χ4v) is 1.83. The molecule has 0 amide bonds. The van der Waals surface area contributed by atoms with Crippen LogP contribution in [-0.4, -0.2) is 10.5 Å². The highest BCUT2D eigenvalue weighted by molar-refractivity contribution is 14.1. The van der Waals surface area contributed by atoms with Gasteiger partial charge in [0.2, 0.25) is 0 Å². The molecule has 0 saturated carbocycles. The lowest BCUT2D eigenvalue weighted by Gasteiger charge is -2.05. The van der Waals surface area contributed by atoms with Gasteiger partial charge in [0.15, 0.2) is 0 Å². The zero-order valence-electron chi connectivity index (χ0n) is 5.90. The molecule has 0 aliphatic rings. The highest BCUT2D eigenvalue weighted by Crippen LogP contribution is 2.37. The average Bonchev–Trinajstić information content (AvgIpc) is 1.93. The Labute approximate surface area is 89.1 Å². The van der Waals surface area contributed by atoms with Crippen molar-refractivity contribution >= 4 is 34.4 Å². The van der Waals surface area contributed by atoms with Gasteiger partial charge in [-0.1, -0.05) is 0 Å². The van der Waals surface area contributed by atoms with Crippen molar-refractivity contribution in [1.82, 2.24) is 4.98 Å². The molecular formula is C6H2F4INS. The molecule has 0 radical (unpaired) electrons. The summed E-state index contributed by atoms with van der Waals surface area (Å²) >= 11 is 1.25. The van der Waals surface area contributed by atoms with Gasteiger partial charge in [-0.15, -0.1) is 0 Å². The van der Waals surface area contributed by atoms with E-state index in [1.807, 2.05) is 0 Å². The molecule has 1 heterocycles. The Morgan fingerprint density at radius 1 is 1.38 bits per heavy atom. The van der Waals surface area contributed by atoms with E-state index < -0.39 is 11.3 Å². The number of hydrogen-bond acceptors (Lipinski definition) is 2. The molecule has 0 N–H and O–H groups in total. The van der Waals surface area contributed by atoms with Crippen molar-refractivity contribution in [3.05, 3.63) is 21.7 Å². The number of alkyl halides is 3. The first-order valence-corrected chi connectivity index (χ1v) is 4.85. The first-order valence-electron chi connectivity index (χ1n) is 2.95. The van der Waals surface area contributed by atoms with E-state index in [9.17, 15) is 17.6 Å². The van der Waals surface area contributed by atoms with Crippen LogP contribution >= 0.6 is 34.4 Å². The Hall–Kier alpha value is -0.0500. The molecule has 1 rings (SSSR count). The highest BCUT2D eigenvalue weighted by atomic mass is 127. The first kappa shape index (κ1) is 11.0. The lowest BCUT2D eigenvalue weighted by molar-refractivity contribution is -0.0329. The quantitative estimate of drug-likeness (QED) is 0.446. The normalized spacial score (nSPS) is 11.8. The van der Waals surface area contributed by atoms with E-state index in [-0.39, 0.29) is 20.4 Å². The van der Waals surface area contributed by atoms with Crippen LogP contribution in [-0.2, 0) is 0 Å². The molecule has 1 nitrogen and oxygen atoms in total. The largest absolute Gasteiger partial charge is 0.447 e. The fourth-order valence-electron chi connectivity index (χ4n) is 0.587. The van der Waals surface area contributed by atoms with Crippen LogP contribution in [0.1, 0.15) is 0 Å². The lowest BCUT2D eigenvalue weighted by atomic mass is 10.5. The predicted molar refractivity (Wildman–Crippen MR) is 48.8 cm³/mol. The number of rotatable bonds is 1. The van der Waals surface area contributed by atoms with Gasteiger partial charge in [0, 0.05) is 15.3 Å². The van der Waals surface area contributed by atoms with E-state index in [1.165, 1.54) is 0 Å². The van der Waals surface area contributed by atoms with Crippen LogP contribution in [0.2, 0.25) is 0 Å². The second-order valence-corrected chi connectivity index (χ2v) is 4.20. The molecule has 7 heteroatoms. The molecular weight excluding hydrogens is 321 g/mol. The van der Waals surface area contributed by atoms with Crippen LogP contribution < -0.4 is 0 Å². The second-order valence-electron chi connectivity index (χ2n) is 1.99. The van der Waals surface area contributed by atoms with E-state index in [0.29, 0.717) is 0 Å². The summed E-state index contributed by atoms with van der Waals surface area (Å²) in [5.74, 6) is -0.643. The standard InChI is InChI=1S/C6H2F4INS/c7-3-1-4(11)5(12-2-3)13-6(8,9)10/h1-2H. The summed E-state index contributed by atoms with van der Waals surface area (Å²) in [7, 11) is 0. The number of halogens is 5. The molecule has 0 aliphatic heterocycles. The van der Waals surface area contributed by atoms with E-state index in [1.54, 1.807) is 22.6 Å². The molecule has 0 aliphatic carbocycles. The Kier molecular flexibility index (Phi) is 3.38. The van der Waals surface area contributed by atoms with Crippen molar-refractivity contribution in [2.75, 3.05) is 0 Å². The first-order chi connectivity index (χ1) is 5.88. The third-order valence-electron chi connectivity index (χ3n) is 0.986. The lowest BCUT2D eigenvalue weighted by Crippen LogP contribution is -2.01. The molecule has 0 bridgehead atoms. The molecule has 0 aromatic carbocycles.